The number of benzene rings is 8. The second-order valence-corrected chi connectivity index (χ2v) is 14.0. The lowest BCUT2D eigenvalue weighted by atomic mass is 9.70. The Morgan fingerprint density at radius 3 is 1.64 bits per heavy atom. The Hall–Kier alpha value is -7.04. The highest BCUT2D eigenvalue weighted by Gasteiger charge is 2.52. The Morgan fingerprint density at radius 1 is 0.340 bits per heavy atom. The van der Waals surface area contributed by atoms with Crippen molar-refractivity contribution in [1.82, 2.24) is 0 Å². The minimum atomic E-state index is -0.459. The summed E-state index contributed by atoms with van der Waals surface area (Å²) in [5, 5.41) is 2.20. The molecule has 1 spiro atoms. The van der Waals surface area contributed by atoms with Gasteiger partial charge in [-0.15, -0.1) is 0 Å². The topological polar surface area (TPSA) is 34.8 Å². The van der Waals surface area contributed by atoms with Crippen LogP contribution in [0.25, 0.3) is 44.2 Å². The van der Waals surface area contributed by atoms with Crippen molar-refractivity contribution in [3.63, 3.8) is 0 Å². The van der Waals surface area contributed by atoms with Crippen LogP contribution in [0.4, 0.5) is 17.1 Å². The van der Waals surface area contributed by atoms with Crippen LogP contribution in [-0.2, 0) is 5.41 Å². The van der Waals surface area contributed by atoms with Gasteiger partial charge in [0, 0.05) is 34.3 Å². The first-order valence-electron chi connectivity index (χ1n) is 18.0. The smallest absolute Gasteiger partial charge is 0.172 e. The van der Waals surface area contributed by atoms with Gasteiger partial charge in [-0.1, -0.05) is 109 Å². The molecule has 3 aliphatic rings. The molecule has 0 radical (unpaired) electrons. The van der Waals surface area contributed by atoms with Crippen molar-refractivity contribution in [3.8, 4) is 45.3 Å². The van der Waals surface area contributed by atoms with Gasteiger partial charge < -0.3 is 18.8 Å². The van der Waals surface area contributed by atoms with E-state index in [0.717, 1.165) is 39.0 Å². The van der Waals surface area contributed by atoms with E-state index in [1.807, 2.05) is 30.3 Å². The van der Waals surface area contributed by atoms with Gasteiger partial charge in [-0.05, 0) is 99.1 Å². The Kier molecular flexibility index (Phi) is 5.67. The van der Waals surface area contributed by atoms with Crippen molar-refractivity contribution < 1.29 is 13.9 Å². The number of hydrogen-bond donors (Lipinski definition) is 0. The molecule has 2 aliphatic carbocycles. The summed E-state index contributed by atoms with van der Waals surface area (Å²) in [5.74, 6) is 2.76. The molecule has 0 saturated heterocycles. The zero-order valence-electron chi connectivity index (χ0n) is 28.4. The maximum atomic E-state index is 6.88. The molecule has 0 saturated carbocycles. The van der Waals surface area contributed by atoms with Crippen LogP contribution in [0.1, 0.15) is 22.3 Å². The van der Waals surface area contributed by atoms with Crippen LogP contribution in [0.2, 0.25) is 0 Å². The highest BCUT2D eigenvalue weighted by Crippen LogP contribution is 2.64. The fourth-order valence-corrected chi connectivity index (χ4v) is 9.17. The van der Waals surface area contributed by atoms with Gasteiger partial charge in [0.25, 0.3) is 0 Å². The SMILES string of the molecule is c1ccc(N(c2ccc3c(c2)Oc2cc4c(cc2O3)-c2ccccc2C42c3ccccc3-c3ccccc32)c2ccc3c(c2)oc2ccccc23)cc1. The summed E-state index contributed by atoms with van der Waals surface area (Å²) in [6.07, 6.45) is 0. The van der Waals surface area contributed by atoms with E-state index in [9.17, 15) is 0 Å². The molecule has 12 rings (SSSR count). The number of rotatable bonds is 3. The van der Waals surface area contributed by atoms with E-state index in [2.05, 4.69) is 150 Å². The maximum absolute atomic E-state index is 6.88. The molecule has 0 fully saturated rings. The average molecular weight is 680 g/mol. The number of anilines is 3. The molecule has 0 atom stereocenters. The number of ether oxygens (including phenoxy) is 2. The van der Waals surface area contributed by atoms with Gasteiger partial charge in [-0.25, -0.2) is 0 Å². The highest BCUT2D eigenvalue weighted by molar-refractivity contribution is 6.06. The predicted molar refractivity (Wildman–Crippen MR) is 211 cm³/mol. The quantitative estimate of drug-likeness (QED) is 0.186. The van der Waals surface area contributed by atoms with Crippen LogP contribution < -0.4 is 14.4 Å². The molecule has 0 bridgehead atoms. The molecule has 4 heteroatoms. The predicted octanol–water partition coefficient (Wildman–Crippen LogP) is 13.3. The van der Waals surface area contributed by atoms with Gasteiger partial charge in [0.05, 0.1) is 11.1 Å². The summed E-state index contributed by atoms with van der Waals surface area (Å²) in [6, 6.07) is 62.1. The van der Waals surface area contributed by atoms with Crippen molar-refractivity contribution in [2.75, 3.05) is 4.90 Å². The van der Waals surface area contributed by atoms with E-state index in [4.69, 9.17) is 13.9 Å². The van der Waals surface area contributed by atoms with Gasteiger partial charge in [0.15, 0.2) is 23.0 Å². The molecule has 1 aromatic heterocycles. The van der Waals surface area contributed by atoms with Crippen molar-refractivity contribution in [3.05, 3.63) is 198 Å². The Morgan fingerprint density at radius 2 is 0.887 bits per heavy atom. The number of nitrogens with zero attached hydrogens (tertiary/aromatic N) is 1. The Labute approximate surface area is 305 Å². The summed E-state index contributed by atoms with van der Waals surface area (Å²) < 4.78 is 19.9. The van der Waals surface area contributed by atoms with E-state index in [-0.39, 0.29) is 0 Å². The Balaban J connectivity index is 1.01. The molecule has 0 unspecified atom stereocenters. The van der Waals surface area contributed by atoms with E-state index >= 15 is 0 Å². The fourth-order valence-electron chi connectivity index (χ4n) is 9.17. The third-order valence-corrected chi connectivity index (χ3v) is 11.3. The maximum Gasteiger partial charge on any atom is 0.172 e. The molecule has 0 N–H and O–H groups in total. The summed E-state index contributed by atoms with van der Waals surface area (Å²) in [4.78, 5) is 2.23. The number of hydrogen-bond acceptors (Lipinski definition) is 4. The third-order valence-electron chi connectivity index (χ3n) is 11.3. The van der Waals surface area contributed by atoms with Gasteiger partial charge in [-0.2, -0.15) is 0 Å². The molecule has 4 nitrogen and oxygen atoms in total. The molecule has 8 aromatic carbocycles. The summed E-state index contributed by atoms with van der Waals surface area (Å²) in [6.45, 7) is 0. The molecule has 9 aromatic rings. The minimum absolute atomic E-state index is 0.459. The monoisotopic (exact) mass is 679 g/mol. The largest absolute Gasteiger partial charge is 0.456 e. The van der Waals surface area contributed by atoms with Crippen LogP contribution in [0.3, 0.4) is 0 Å². The first-order chi connectivity index (χ1) is 26.3. The fraction of sp³-hybridized carbons (Fsp3) is 0.0204. The second-order valence-electron chi connectivity index (χ2n) is 14.0. The summed E-state index contributed by atoms with van der Waals surface area (Å²) in [7, 11) is 0. The minimum Gasteiger partial charge on any atom is -0.456 e. The molecule has 248 valence electrons. The van der Waals surface area contributed by atoms with E-state index in [1.54, 1.807) is 0 Å². The lowest BCUT2D eigenvalue weighted by Crippen LogP contribution is -2.25. The van der Waals surface area contributed by atoms with Crippen LogP contribution in [0.5, 0.6) is 23.0 Å². The highest BCUT2D eigenvalue weighted by atomic mass is 16.6. The standard InChI is InChI=1S/C49H29NO3/c1-2-12-30(13-3-1)50(31-22-24-37-36-17-7-11-21-43(36)51-45(37)26-31)32-23-25-44-46(27-32)53-48-29-42-38(28-47(48)52-44)35-16-6-10-20-41(35)49(42)39-18-8-4-14-33(39)34-15-5-9-19-40(34)49/h1-29H. The average Bonchev–Trinajstić information content (AvgIpc) is 3.83. The van der Waals surface area contributed by atoms with Crippen molar-refractivity contribution in [1.29, 1.82) is 0 Å². The molecule has 0 amide bonds. The van der Waals surface area contributed by atoms with E-state index < -0.39 is 5.41 Å². The molecule has 2 heterocycles. The first kappa shape index (κ1) is 28.6. The number of fused-ring (bicyclic) bond motifs is 15. The van der Waals surface area contributed by atoms with Gasteiger partial charge in [0.2, 0.25) is 0 Å². The van der Waals surface area contributed by atoms with Crippen LogP contribution >= 0.6 is 0 Å². The van der Waals surface area contributed by atoms with Crippen LogP contribution in [0, 0.1) is 0 Å². The van der Waals surface area contributed by atoms with Crippen molar-refractivity contribution in [2.24, 2.45) is 0 Å². The lowest BCUT2D eigenvalue weighted by Gasteiger charge is -2.31. The van der Waals surface area contributed by atoms with Gasteiger partial charge in [-0.3, -0.25) is 0 Å². The zero-order valence-corrected chi connectivity index (χ0v) is 28.4. The summed E-state index contributed by atoms with van der Waals surface area (Å²) in [5.41, 5.74) is 14.3. The van der Waals surface area contributed by atoms with Gasteiger partial charge in [0.1, 0.15) is 11.2 Å². The van der Waals surface area contributed by atoms with E-state index in [0.29, 0.717) is 23.0 Å². The number of para-hydroxylation sites is 2. The molecular formula is C49H29NO3. The van der Waals surface area contributed by atoms with Crippen LogP contribution in [-0.4, -0.2) is 0 Å². The van der Waals surface area contributed by atoms with Crippen molar-refractivity contribution in [2.45, 2.75) is 5.41 Å². The summed E-state index contributed by atoms with van der Waals surface area (Å²) >= 11 is 0. The molecule has 53 heavy (non-hydrogen) atoms. The molecular weight excluding hydrogens is 651 g/mol. The number of furan rings is 1. The van der Waals surface area contributed by atoms with Gasteiger partial charge >= 0.3 is 0 Å². The van der Waals surface area contributed by atoms with E-state index in [1.165, 1.54) is 44.5 Å². The second kappa shape index (κ2) is 10.5. The van der Waals surface area contributed by atoms with Crippen LogP contribution in [0.15, 0.2) is 180 Å². The zero-order chi connectivity index (χ0) is 34.7. The lowest BCUT2D eigenvalue weighted by molar-refractivity contribution is 0.359. The Bertz CT molecular complexity index is 2930. The van der Waals surface area contributed by atoms with Crippen molar-refractivity contribution >= 4 is 39.0 Å². The first-order valence-corrected chi connectivity index (χ1v) is 18.0. The normalized spacial score (nSPS) is 13.7. The molecule has 1 aliphatic heterocycles. The third kappa shape index (κ3) is 3.84.